The average Bonchev–Trinajstić information content (AvgIpc) is 2.61. The van der Waals surface area contributed by atoms with E-state index in [4.69, 9.17) is 4.74 Å². The van der Waals surface area contributed by atoms with Gasteiger partial charge in [0.15, 0.2) is 5.76 Å². The first-order valence-electron chi connectivity index (χ1n) is 9.36. The third-order valence-corrected chi connectivity index (χ3v) is 4.12. The molecule has 144 valence electrons. The molecule has 0 saturated carbocycles. The summed E-state index contributed by atoms with van der Waals surface area (Å²) in [6, 6.07) is 6.01. The van der Waals surface area contributed by atoms with E-state index in [0.717, 1.165) is 55.6 Å². The summed E-state index contributed by atoms with van der Waals surface area (Å²) >= 11 is 0. The molecule has 0 atom stereocenters. The molecule has 4 heteroatoms. The molecule has 26 heavy (non-hydrogen) atoms. The lowest BCUT2D eigenvalue weighted by Gasteiger charge is -2.26. The first kappa shape index (κ1) is 22.0. The van der Waals surface area contributed by atoms with Gasteiger partial charge in [0, 0.05) is 30.4 Å². The molecule has 0 bridgehead atoms. The Morgan fingerprint density at radius 1 is 1.19 bits per heavy atom. The van der Waals surface area contributed by atoms with Crippen LogP contribution in [0, 0.1) is 0 Å². The largest absolute Gasteiger partial charge is 0.456 e. The van der Waals surface area contributed by atoms with E-state index in [2.05, 4.69) is 38.0 Å². The van der Waals surface area contributed by atoms with Gasteiger partial charge in [-0.2, -0.15) is 0 Å². The van der Waals surface area contributed by atoms with Gasteiger partial charge in [0.05, 0.1) is 0 Å². The number of rotatable bonds is 12. The van der Waals surface area contributed by atoms with Gasteiger partial charge in [0.25, 0.3) is 0 Å². The molecule has 0 saturated heterocycles. The average molecular weight is 360 g/mol. The van der Waals surface area contributed by atoms with Crippen LogP contribution in [0.2, 0.25) is 0 Å². The number of hydrogen-bond donors (Lipinski definition) is 2. The Kier molecular flexibility index (Phi) is 9.78. The van der Waals surface area contributed by atoms with E-state index >= 15 is 0 Å². The van der Waals surface area contributed by atoms with Gasteiger partial charge in [-0.05, 0) is 43.5 Å². The highest BCUT2D eigenvalue weighted by atomic mass is 16.5. The van der Waals surface area contributed by atoms with Crippen molar-refractivity contribution in [2.45, 2.75) is 52.7 Å². The zero-order chi connectivity index (χ0) is 19.5. The standard InChI is InChI=1S/C22H33NO3/c1-6-9-14-23(15-10-7-2)18-12-13-19(17(4)5)21(16-18)26-20(11-8-3)22(24)25/h8,11-13,16,22,24-25H,3-4,6-7,9-10,14-15H2,1-2,5H3/b20-11-. The second-order valence-electron chi connectivity index (χ2n) is 6.44. The van der Waals surface area contributed by atoms with Crippen LogP contribution in [-0.4, -0.2) is 29.6 Å². The van der Waals surface area contributed by atoms with Gasteiger partial charge in [0.2, 0.25) is 6.29 Å². The lowest BCUT2D eigenvalue weighted by Crippen LogP contribution is -2.25. The second kappa shape index (κ2) is 11.6. The van der Waals surface area contributed by atoms with Crippen LogP contribution >= 0.6 is 0 Å². The molecule has 0 aliphatic rings. The molecule has 1 aromatic carbocycles. The lowest BCUT2D eigenvalue weighted by atomic mass is 10.1. The molecule has 0 fully saturated rings. The maximum Gasteiger partial charge on any atom is 0.212 e. The summed E-state index contributed by atoms with van der Waals surface area (Å²) in [5.74, 6) is 0.600. The number of nitrogens with zero attached hydrogens (tertiary/aromatic N) is 1. The molecule has 4 nitrogen and oxygen atoms in total. The molecule has 0 radical (unpaired) electrons. The highest BCUT2D eigenvalue weighted by Crippen LogP contribution is 2.32. The summed E-state index contributed by atoms with van der Waals surface area (Å²) in [6.07, 6.45) is 5.74. The fourth-order valence-electron chi connectivity index (χ4n) is 2.63. The van der Waals surface area contributed by atoms with Crippen LogP contribution in [-0.2, 0) is 0 Å². The minimum Gasteiger partial charge on any atom is -0.456 e. The SMILES string of the molecule is C=C/C=C(\Oc1cc(N(CCCC)CCCC)ccc1C(=C)C)C(O)O. The fraction of sp³-hybridized carbons (Fsp3) is 0.455. The smallest absolute Gasteiger partial charge is 0.212 e. The highest BCUT2D eigenvalue weighted by Gasteiger charge is 2.15. The Morgan fingerprint density at radius 3 is 2.27 bits per heavy atom. The maximum absolute atomic E-state index is 9.53. The molecule has 1 aromatic rings. The summed E-state index contributed by atoms with van der Waals surface area (Å²) in [5.41, 5.74) is 2.76. The van der Waals surface area contributed by atoms with Crippen LogP contribution in [0.5, 0.6) is 5.75 Å². The van der Waals surface area contributed by atoms with Crippen LogP contribution in [0.4, 0.5) is 5.69 Å². The van der Waals surface area contributed by atoms with E-state index in [1.165, 1.54) is 12.2 Å². The third kappa shape index (κ3) is 6.70. The molecule has 0 amide bonds. The maximum atomic E-state index is 9.53. The van der Waals surface area contributed by atoms with E-state index in [1.807, 2.05) is 19.1 Å². The van der Waals surface area contributed by atoms with Gasteiger partial charge < -0.3 is 19.8 Å². The summed E-state index contributed by atoms with van der Waals surface area (Å²) in [6.45, 7) is 15.8. The Bertz CT molecular complexity index is 612. The van der Waals surface area contributed by atoms with Gasteiger partial charge in [-0.1, -0.05) is 45.9 Å². The van der Waals surface area contributed by atoms with E-state index in [0.29, 0.717) is 5.75 Å². The normalized spacial score (nSPS) is 11.5. The van der Waals surface area contributed by atoms with Crippen molar-refractivity contribution in [2.24, 2.45) is 0 Å². The van der Waals surface area contributed by atoms with Crippen molar-refractivity contribution in [1.29, 1.82) is 0 Å². The Labute approximate surface area is 158 Å². The van der Waals surface area contributed by atoms with Gasteiger partial charge in [-0.3, -0.25) is 0 Å². The number of ether oxygens (including phenoxy) is 1. The van der Waals surface area contributed by atoms with E-state index in [9.17, 15) is 10.2 Å². The fourth-order valence-corrected chi connectivity index (χ4v) is 2.63. The predicted octanol–water partition coefficient (Wildman–Crippen LogP) is 4.89. The number of aliphatic hydroxyl groups excluding tert-OH is 1. The van der Waals surface area contributed by atoms with Crippen LogP contribution in [0.25, 0.3) is 5.57 Å². The Hall–Kier alpha value is -2.04. The van der Waals surface area contributed by atoms with Crippen molar-refractivity contribution in [1.82, 2.24) is 0 Å². The van der Waals surface area contributed by atoms with Crippen molar-refractivity contribution < 1.29 is 14.9 Å². The van der Waals surface area contributed by atoms with Gasteiger partial charge in [-0.15, -0.1) is 0 Å². The van der Waals surface area contributed by atoms with Crippen molar-refractivity contribution in [2.75, 3.05) is 18.0 Å². The van der Waals surface area contributed by atoms with Gasteiger partial charge in [0.1, 0.15) is 5.75 Å². The molecule has 0 aliphatic carbocycles. The predicted molar refractivity (Wildman–Crippen MR) is 110 cm³/mol. The molecule has 0 unspecified atom stereocenters. The molecular formula is C22H33NO3. The van der Waals surface area contributed by atoms with Crippen LogP contribution in [0.1, 0.15) is 52.0 Å². The van der Waals surface area contributed by atoms with Crippen LogP contribution < -0.4 is 9.64 Å². The van der Waals surface area contributed by atoms with E-state index in [-0.39, 0.29) is 5.76 Å². The van der Waals surface area contributed by atoms with E-state index < -0.39 is 6.29 Å². The Balaban J connectivity index is 3.24. The molecule has 1 rings (SSSR count). The molecular weight excluding hydrogens is 326 g/mol. The van der Waals surface area contributed by atoms with Crippen LogP contribution in [0.3, 0.4) is 0 Å². The number of unbranched alkanes of at least 4 members (excludes halogenated alkanes) is 2. The number of allylic oxidation sites excluding steroid dienone is 3. The van der Waals surface area contributed by atoms with Crippen LogP contribution in [0.15, 0.2) is 49.3 Å². The van der Waals surface area contributed by atoms with E-state index in [1.54, 1.807) is 0 Å². The molecule has 0 spiro atoms. The highest BCUT2D eigenvalue weighted by molar-refractivity contribution is 5.70. The summed E-state index contributed by atoms with van der Waals surface area (Å²) in [7, 11) is 0. The van der Waals surface area contributed by atoms with Crippen molar-refractivity contribution in [3.8, 4) is 5.75 Å². The number of aliphatic hydroxyl groups is 2. The minimum atomic E-state index is -1.70. The van der Waals surface area contributed by atoms with Crippen molar-refractivity contribution in [3.63, 3.8) is 0 Å². The molecule has 0 aromatic heterocycles. The number of anilines is 1. The quantitative estimate of drug-likeness (QED) is 0.317. The number of benzene rings is 1. The molecule has 0 aliphatic heterocycles. The monoisotopic (exact) mass is 359 g/mol. The second-order valence-corrected chi connectivity index (χ2v) is 6.44. The molecule has 2 N–H and O–H groups in total. The topological polar surface area (TPSA) is 52.9 Å². The minimum absolute atomic E-state index is 0.0355. The zero-order valence-electron chi connectivity index (χ0n) is 16.4. The molecule has 0 heterocycles. The van der Waals surface area contributed by atoms with Gasteiger partial charge >= 0.3 is 0 Å². The van der Waals surface area contributed by atoms with Crippen molar-refractivity contribution >= 4 is 11.3 Å². The van der Waals surface area contributed by atoms with Gasteiger partial charge in [-0.25, -0.2) is 0 Å². The Morgan fingerprint density at radius 2 is 1.81 bits per heavy atom. The lowest BCUT2D eigenvalue weighted by molar-refractivity contribution is -0.0328. The first-order chi connectivity index (χ1) is 12.4. The summed E-state index contributed by atoms with van der Waals surface area (Å²) in [5, 5.41) is 19.1. The first-order valence-corrected chi connectivity index (χ1v) is 9.36. The summed E-state index contributed by atoms with van der Waals surface area (Å²) < 4.78 is 5.81. The number of hydrogen-bond acceptors (Lipinski definition) is 4. The van der Waals surface area contributed by atoms with Crippen molar-refractivity contribution in [3.05, 3.63) is 54.8 Å². The zero-order valence-corrected chi connectivity index (χ0v) is 16.4. The summed E-state index contributed by atoms with van der Waals surface area (Å²) in [4.78, 5) is 2.36. The third-order valence-electron chi connectivity index (χ3n) is 4.12.